The zero-order chi connectivity index (χ0) is 15.7. The van der Waals surface area contributed by atoms with Gasteiger partial charge in [-0.3, -0.25) is 9.78 Å². The van der Waals surface area contributed by atoms with E-state index in [9.17, 15) is 4.79 Å². The summed E-state index contributed by atoms with van der Waals surface area (Å²) in [5, 5.41) is 1.23. The van der Waals surface area contributed by atoms with Crippen LogP contribution in [0, 0.1) is 5.92 Å². The summed E-state index contributed by atoms with van der Waals surface area (Å²) < 4.78 is 5.68. The van der Waals surface area contributed by atoms with Crippen molar-refractivity contribution < 1.29 is 9.53 Å². The Morgan fingerprint density at radius 2 is 1.82 bits per heavy atom. The Morgan fingerprint density at radius 3 is 2.50 bits per heavy atom. The van der Waals surface area contributed by atoms with E-state index in [1.54, 1.807) is 24.5 Å². The summed E-state index contributed by atoms with van der Waals surface area (Å²) in [5.74, 6) is -0.293. The first-order chi connectivity index (χ1) is 10.5. The van der Waals surface area contributed by atoms with Crippen molar-refractivity contribution in [3.8, 4) is 0 Å². The fourth-order valence-corrected chi connectivity index (χ4v) is 3.13. The van der Waals surface area contributed by atoms with Crippen LogP contribution in [0.4, 0.5) is 0 Å². The molecule has 1 saturated heterocycles. The number of ether oxygens (including phenoxy) is 1. The number of nitrogens with zero attached hydrogens (tertiary/aromatic N) is 1. The Labute approximate surface area is 139 Å². The fourth-order valence-electron chi connectivity index (χ4n) is 2.82. The highest BCUT2D eigenvalue weighted by Crippen LogP contribution is 2.43. The Morgan fingerprint density at radius 1 is 1.09 bits per heavy atom. The second kappa shape index (κ2) is 6.27. The zero-order valence-corrected chi connectivity index (χ0v) is 13.5. The van der Waals surface area contributed by atoms with Crippen molar-refractivity contribution >= 4 is 29.2 Å². The standard InChI is InChI=1S/C17H15Cl2NO2/c1-10-6-15(12-7-14(19)9-20-8-12)16(22-17(10)21)11-2-4-13(18)5-3-11/h2-5,7-10,15-16H,6H2,1H3/t10?,15-,16+/m1/s1. The molecule has 114 valence electrons. The van der Waals surface area contributed by atoms with E-state index in [1.165, 1.54) is 0 Å². The molecule has 0 radical (unpaired) electrons. The van der Waals surface area contributed by atoms with E-state index in [2.05, 4.69) is 4.98 Å². The minimum atomic E-state index is -0.346. The molecule has 3 atom stereocenters. The van der Waals surface area contributed by atoms with Crippen LogP contribution < -0.4 is 0 Å². The molecule has 2 aromatic rings. The quantitative estimate of drug-likeness (QED) is 0.740. The molecule has 3 rings (SSSR count). The summed E-state index contributed by atoms with van der Waals surface area (Å²) in [4.78, 5) is 16.2. The van der Waals surface area contributed by atoms with Crippen molar-refractivity contribution in [3.63, 3.8) is 0 Å². The SMILES string of the molecule is CC1C[C@H](c2cncc(Cl)c2)[C@H](c2ccc(Cl)cc2)OC1=O. The first-order valence-electron chi connectivity index (χ1n) is 7.11. The van der Waals surface area contributed by atoms with E-state index < -0.39 is 0 Å². The van der Waals surface area contributed by atoms with Gasteiger partial charge in [-0.25, -0.2) is 0 Å². The van der Waals surface area contributed by atoms with Crippen LogP contribution >= 0.6 is 23.2 Å². The average Bonchev–Trinajstić information content (AvgIpc) is 2.50. The number of rotatable bonds is 2. The van der Waals surface area contributed by atoms with Crippen molar-refractivity contribution in [2.24, 2.45) is 5.92 Å². The van der Waals surface area contributed by atoms with E-state index in [0.717, 1.165) is 11.1 Å². The number of hydrogen-bond donors (Lipinski definition) is 0. The van der Waals surface area contributed by atoms with Gasteiger partial charge in [0.2, 0.25) is 0 Å². The monoisotopic (exact) mass is 335 g/mol. The lowest BCUT2D eigenvalue weighted by molar-refractivity contribution is -0.162. The highest BCUT2D eigenvalue weighted by molar-refractivity contribution is 6.30. The molecule has 1 aliphatic rings. The molecule has 5 heteroatoms. The van der Waals surface area contributed by atoms with Crippen molar-refractivity contribution in [2.75, 3.05) is 0 Å². The third-order valence-corrected chi connectivity index (χ3v) is 4.43. The van der Waals surface area contributed by atoms with Gasteiger partial charge in [0.25, 0.3) is 0 Å². The average molecular weight is 336 g/mol. The summed E-state index contributed by atoms with van der Waals surface area (Å²) in [6, 6.07) is 9.27. The molecule has 0 aliphatic carbocycles. The van der Waals surface area contributed by atoms with E-state index >= 15 is 0 Å². The number of benzene rings is 1. The van der Waals surface area contributed by atoms with E-state index in [-0.39, 0.29) is 23.9 Å². The fraction of sp³-hybridized carbons (Fsp3) is 0.294. The first-order valence-corrected chi connectivity index (χ1v) is 7.86. The predicted molar refractivity (Wildman–Crippen MR) is 86.1 cm³/mol. The molecule has 1 aromatic carbocycles. The topological polar surface area (TPSA) is 39.2 Å². The lowest BCUT2D eigenvalue weighted by Gasteiger charge is -2.34. The van der Waals surface area contributed by atoms with Gasteiger partial charge in [0.05, 0.1) is 10.9 Å². The molecule has 1 fully saturated rings. The minimum absolute atomic E-state index is 0.0278. The first kappa shape index (κ1) is 15.3. The van der Waals surface area contributed by atoms with Gasteiger partial charge in [-0.15, -0.1) is 0 Å². The number of halogens is 2. The molecule has 1 aliphatic heterocycles. The van der Waals surface area contributed by atoms with E-state index in [0.29, 0.717) is 16.5 Å². The molecule has 2 heterocycles. The largest absolute Gasteiger partial charge is 0.457 e. The maximum absolute atomic E-state index is 12.0. The van der Waals surface area contributed by atoms with Gasteiger partial charge < -0.3 is 4.74 Å². The van der Waals surface area contributed by atoms with Crippen LogP contribution in [0.3, 0.4) is 0 Å². The van der Waals surface area contributed by atoms with Crippen molar-refractivity contribution in [2.45, 2.75) is 25.4 Å². The van der Waals surface area contributed by atoms with Gasteiger partial charge in [0.1, 0.15) is 6.10 Å². The van der Waals surface area contributed by atoms with Gasteiger partial charge in [-0.05, 0) is 35.7 Å². The van der Waals surface area contributed by atoms with Gasteiger partial charge >= 0.3 is 5.97 Å². The molecule has 1 aromatic heterocycles. The molecule has 3 nitrogen and oxygen atoms in total. The van der Waals surface area contributed by atoms with Crippen LogP contribution in [-0.2, 0) is 9.53 Å². The summed E-state index contributed by atoms with van der Waals surface area (Å²) in [7, 11) is 0. The number of cyclic esters (lactones) is 1. The highest BCUT2D eigenvalue weighted by atomic mass is 35.5. The Bertz CT molecular complexity index is 687. The third kappa shape index (κ3) is 3.11. The normalized spacial score (nSPS) is 24.9. The number of carbonyl (C=O) groups is 1. The van der Waals surface area contributed by atoms with Crippen molar-refractivity contribution in [1.82, 2.24) is 4.98 Å². The van der Waals surface area contributed by atoms with Crippen molar-refractivity contribution in [1.29, 1.82) is 0 Å². The molecule has 1 unspecified atom stereocenters. The van der Waals surface area contributed by atoms with Gasteiger partial charge in [0, 0.05) is 23.3 Å². The van der Waals surface area contributed by atoms with Crippen LogP contribution in [0.15, 0.2) is 42.7 Å². The van der Waals surface area contributed by atoms with Crippen LogP contribution in [0.25, 0.3) is 0 Å². The third-order valence-electron chi connectivity index (χ3n) is 3.97. The summed E-state index contributed by atoms with van der Waals surface area (Å²) in [5.41, 5.74) is 1.90. The molecule has 0 N–H and O–H groups in total. The maximum Gasteiger partial charge on any atom is 0.309 e. The van der Waals surface area contributed by atoms with E-state index in [4.69, 9.17) is 27.9 Å². The predicted octanol–water partition coefficient (Wildman–Crippen LogP) is 4.80. The Hall–Kier alpha value is -1.58. The van der Waals surface area contributed by atoms with Crippen LogP contribution in [0.1, 0.15) is 36.5 Å². The Kier molecular flexibility index (Phi) is 4.37. The van der Waals surface area contributed by atoms with Crippen molar-refractivity contribution in [3.05, 3.63) is 63.9 Å². The maximum atomic E-state index is 12.0. The second-order valence-electron chi connectivity index (χ2n) is 5.59. The van der Waals surface area contributed by atoms with Crippen LogP contribution in [-0.4, -0.2) is 11.0 Å². The smallest absolute Gasteiger partial charge is 0.309 e. The number of hydrogen-bond acceptors (Lipinski definition) is 3. The number of carbonyl (C=O) groups excluding carboxylic acids is 1. The lowest BCUT2D eigenvalue weighted by Crippen LogP contribution is -2.30. The number of pyridine rings is 1. The summed E-state index contributed by atoms with van der Waals surface area (Å²) in [6.07, 6.45) is 3.74. The minimum Gasteiger partial charge on any atom is -0.457 e. The molecule has 0 amide bonds. The number of esters is 1. The molecule has 0 bridgehead atoms. The Balaban J connectivity index is 1.99. The summed E-state index contributed by atoms with van der Waals surface area (Å²) in [6.45, 7) is 1.88. The molecule has 0 spiro atoms. The molecule has 22 heavy (non-hydrogen) atoms. The molecule has 0 saturated carbocycles. The molecular weight excluding hydrogens is 321 g/mol. The van der Waals surface area contributed by atoms with E-state index in [1.807, 2.05) is 25.1 Å². The highest BCUT2D eigenvalue weighted by Gasteiger charge is 2.37. The zero-order valence-electron chi connectivity index (χ0n) is 12.0. The summed E-state index contributed by atoms with van der Waals surface area (Å²) >= 11 is 12.0. The van der Waals surface area contributed by atoms with Crippen LogP contribution in [0.2, 0.25) is 10.0 Å². The van der Waals surface area contributed by atoms with Gasteiger partial charge in [-0.2, -0.15) is 0 Å². The lowest BCUT2D eigenvalue weighted by atomic mass is 9.81. The molecular formula is C17H15Cl2NO2. The second-order valence-corrected chi connectivity index (χ2v) is 6.46. The van der Waals surface area contributed by atoms with Gasteiger partial charge in [-0.1, -0.05) is 42.3 Å². The van der Waals surface area contributed by atoms with Crippen LogP contribution in [0.5, 0.6) is 0 Å². The number of aromatic nitrogens is 1. The van der Waals surface area contributed by atoms with Gasteiger partial charge in [0.15, 0.2) is 0 Å².